The van der Waals surface area contributed by atoms with Crippen LogP contribution in [0.15, 0.2) is 101 Å². The third kappa shape index (κ3) is 11.5. The van der Waals surface area contributed by atoms with Crippen molar-refractivity contribution in [2.75, 3.05) is 89.8 Å². The quantitative estimate of drug-likeness (QED) is 0.135. The van der Waals surface area contributed by atoms with Crippen molar-refractivity contribution in [3.8, 4) is 0 Å². The summed E-state index contributed by atoms with van der Waals surface area (Å²) >= 11 is 13.5. The summed E-state index contributed by atoms with van der Waals surface area (Å²) in [5.74, 6) is 0.263. The number of fused-ring (bicyclic) bond motifs is 2. The van der Waals surface area contributed by atoms with E-state index in [-0.39, 0.29) is 33.7 Å². The standard InChI is InChI=1S/C26H30ClN5O3S2.C22H25Cl2N3O3S/c1-18-16-25(36-28-18)29-37(34,35)23-8-6-22(7-9-23)30-12-14-31(15-13-30)26(33)19(2)32-11-3-4-20-17-21(27)5-10-24(20)32;1-16(27-10-2-3-17-15-18(23)4-9-21(17)27)22(28)26-13-11-25(12-14-26)19-5-7-20(8-6-19)31(24,29)30/h5-10,16-17,19,29H,3-4,11-15H2,1-2H3;4-9,15-16H,2-3,10-14H2,1H3/t19-;16-/m11/s1. The Hall–Kier alpha value is -4.78. The fourth-order valence-corrected chi connectivity index (χ4v) is 12.5. The van der Waals surface area contributed by atoms with E-state index in [9.17, 15) is 26.4 Å². The number of aromatic nitrogens is 1. The molecule has 68 heavy (non-hydrogen) atoms. The van der Waals surface area contributed by atoms with Crippen molar-refractivity contribution in [2.45, 2.75) is 68.3 Å². The van der Waals surface area contributed by atoms with Crippen LogP contribution in [0.5, 0.6) is 0 Å². The first kappa shape index (κ1) is 49.6. The van der Waals surface area contributed by atoms with E-state index >= 15 is 0 Å². The topological polar surface area (TPSA) is 147 Å². The number of rotatable bonds is 10. The summed E-state index contributed by atoms with van der Waals surface area (Å²) in [4.78, 5) is 39.5. The van der Waals surface area contributed by atoms with E-state index < -0.39 is 19.1 Å². The van der Waals surface area contributed by atoms with Crippen LogP contribution in [0, 0.1) is 6.92 Å². The number of hydrogen-bond acceptors (Lipinski definition) is 12. The van der Waals surface area contributed by atoms with Crippen LogP contribution in [0.2, 0.25) is 10.0 Å². The van der Waals surface area contributed by atoms with E-state index in [0.29, 0.717) is 57.4 Å². The first-order valence-electron chi connectivity index (χ1n) is 22.7. The van der Waals surface area contributed by atoms with Gasteiger partial charge in [0.25, 0.3) is 19.1 Å². The molecule has 0 bridgehead atoms. The Balaban J connectivity index is 0.000000187. The molecule has 0 unspecified atom stereocenters. The minimum Gasteiger partial charge on any atom is -0.368 e. The minimum atomic E-state index is -3.73. The number of benzene rings is 4. The fraction of sp³-hybridized carbons (Fsp3) is 0.396. The minimum absolute atomic E-state index is 0.0867. The van der Waals surface area contributed by atoms with Gasteiger partial charge in [-0.15, -0.1) is 0 Å². The second kappa shape index (κ2) is 21.1. The van der Waals surface area contributed by atoms with Crippen molar-refractivity contribution in [2.24, 2.45) is 0 Å². The van der Waals surface area contributed by atoms with Gasteiger partial charge in [0, 0.05) is 109 Å². The van der Waals surface area contributed by atoms with Crippen LogP contribution < -0.4 is 24.3 Å². The van der Waals surface area contributed by atoms with Gasteiger partial charge in [0.1, 0.15) is 17.1 Å². The molecular weight excluding hydrogens is 987 g/mol. The van der Waals surface area contributed by atoms with Gasteiger partial charge in [-0.05, 0) is 160 Å². The molecule has 9 rings (SSSR count). The maximum atomic E-state index is 13.4. The Morgan fingerprint density at radius 3 is 1.43 bits per heavy atom. The number of anilines is 5. The lowest BCUT2D eigenvalue weighted by molar-refractivity contribution is -0.133. The summed E-state index contributed by atoms with van der Waals surface area (Å²) < 4.78 is 54.9. The van der Waals surface area contributed by atoms with E-state index in [1.54, 1.807) is 30.3 Å². The molecule has 2 saturated heterocycles. The molecule has 5 aromatic rings. The number of aryl methyl sites for hydroxylation is 3. The summed E-state index contributed by atoms with van der Waals surface area (Å²) in [5.41, 5.74) is 7.24. The number of carbonyl (C=O) groups is 2. The van der Waals surface area contributed by atoms with Gasteiger partial charge in [0.05, 0.1) is 15.5 Å². The number of sulfonamides is 1. The van der Waals surface area contributed by atoms with E-state index in [1.807, 2.05) is 79.1 Å². The molecule has 1 aromatic heterocycles. The maximum Gasteiger partial charge on any atom is 0.262 e. The normalized spacial score (nSPS) is 17.4. The number of amides is 2. The lowest BCUT2D eigenvalue weighted by Crippen LogP contribution is -2.55. The van der Waals surface area contributed by atoms with Gasteiger partial charge in [-0.25, -0.2) is 16.8 Å². The Morgan fingerprint density at radius 1 is 0.603 bits per heavy atom. The molecule has 2 fully saturated rings. The van der Waals surface area contributed by atoms with Crippen LogP contribution in [0.25, 0.3) is 0 Å². The van der Waals surface area contributed by atoms with Gasteiger partial charge in [-0.2, -0.15) is 4.37 Å². The van der Waals surface area contributed by atoms with Gasteiger partial charge in [-0.3, -0.25) is 14.3 Å². The predicted molar refractivity (Wildman–Crippen MR) is 274 cm³/mol. The average molecular weight is 1040 g/mol. The summed E-state index contributed by atoms with van der Waals surface area (Å²) in [6.45, 7) is 12.8. The number of nitrogens with one attached hydrogen (secondary N) is 1. The molecule has 4 aliphatic rings. The van der Waals surface area contributed by atoms with Gasteiger partial charge >= 0.3 is 0 Å². The van der Waals surface area contributed by atoms with Gasteiger partial charge in [-0.1, -0.05) is 23.2 Å². The third-order valence-corrected chi connectivity index (χ3v) is 17.2. The molecule has 5 heterocycles. The van der Waals surface area contributed by atoms with Crippen molar-refractivity contribution in [1.82, 2.24) is 14.2 Å². The van der Waals surface area contributed by atoms with E-state index in [0.717, 1.165) is 88.8 Å². The smallest absolute Gasteiger partial charge is 0.262 e. The number of hydrogen-bond donors (Lipinski definition) is 1. The first-order valence-corrected chi connectivity index (χ1v) is 28.1. The zero-order valence-electron chi connectivity index (χ0n) is 38.2. The molecule has 1 N–H and O–H groups in total. The number of nitrogens with zero attached hydrogens (tertiary/aromatic N) is 7. The summed E-state index contributed by atoms with van der Waals surface area (Å²) in [6, 6.07) is 26.5. The fourth-order valence-electron chi connectivity index (χ4n) is 9.42. The van der Waals surface area contributed by atoms with Crippen LogP contribution >= 0.6 is 45.4 Å². The highest BCUT2D eigenvalue weighted by Gasteiger charge is 2.33. The van der Waals surface area contributed by atoms with E-state index in [2.05, 4.69) is 28.7 Å². The van der Waals surface area contributed by atoms with Crippen LogP contribution in [0.4, 0.5) is 27.8 Å². The lowest BCUT2D eigenvalue weighted by Gasteiger charge is -2.41. The Kier molecular flexibility index (Phi) is 15.4. The molecule has 0 saturated carbocycles. The summed E-state index contributed by atoms with van der Waals surface area (Å²) in [7, 11) is -2.01. The molecule has 0 spiro atoms. The molecule has 2 amide bonds. The van der Waals surface area contributed by atoms with Crippen molar-refractivity contribution in [1.29, 1.82) is 0 Å². The van der Waals surface area contributed by atoms with E-state index in [1.165, 1.54) is 23.3 Å². The molecule has 4 aromatic carbocycles. The Labute approximate surface area is 418 Å². The third-order valence-electron chi connectivity index (χ3n) is 13.1. The first-order chi connectivity index (χ1) is 32.4. The Bertz CT molecular complexity index is 2840. The van der Waals surface area contributed by atoms with Gasteiger partial charge in [0.15, 0.2) is 0 Å². The molecule has 0 aliphatic carbocycles. The molecule has 2 atom stereocenters. The van der Waals surface area contributed by atoms with Crippen LogP contribution in [-0.4, -0.2) is 120 Å². The zero-order chi connectivity index (χ0) is 48.3. The largest absolute Gasteiger partial charge is 0.368 e. The maximum absolute atomic E-state index is 13.4. The molecule has 362 valence electrons. The van der Waals surface area contributed by atoms with Crippen LogP contribution in [0.1, 0.15) is 43.5 Å². The molecule has 4 aliphatic heterocycles. The van der Waals surface area contributed by atoms with Crippen molar-refractivity contribution in [3.63, 3.8) is 0 Å². The zero-order valence-corrected chi connectivity index (χ0v) is 42.9. The van der Waals surface area contributed by atoms with Crippen molar-refractivity contribution >= 4 is 104 Å². The van der Waals surface area contributed by atoms with Crippen molar-refractivity contribution < 1.29 is 26.4 Å². The highest BCUT2D eigenvalue weighted by Crippen LogP contribution is 2.34. The van der Waals surface area contributed by atoms with Gasteiger partial charge in [0.2, 0.25) is 11.8 Å². The molecule has 14 nitrogen and oxygen atoms in total. The van der Waals surface area contributed by atoms with Crippen LogP contribution in [-0.2, 0) is 41.5 Å². The predicted octanol–water partition coefficient (Wildman–Crippen LogP) is 8.15. The second-order valence-electron chi connectivity index (χ2n) is 17.5. The highest BCUT2D eigenvalue weighted by molar-refractivity contribution is 8.13. The monoisotopic (exact) mass is 1040 g/mol. The van der Waals surface area contributed by atoms with Crippen molar-refractivity contribution in [3.05, 3.63) is 118 Å². The highest BCUT2D eigenvalue weighted by atomic mass is 35.7. The lowest BCUT2D eigenvalue weighted by atomic mass is 10.00. The van der Waals surface area contributed by atoms with Crippen LogP contribution in [0.3, 0.4) is 0 Å². The number of carbonyl (C=O) groups excluding carboxylic acids is 2. The van der Waals surface area contributed by atoms with Gasteiger partial charge < -0.3 is 29.4 Å². The molecule has 0 radical (unpaired) electrons. The SMILES string of the molecule is C[C@H](C(=O)N1CCN(c2ccc(S(=O)(=O)Cl)cc2)CC1)N1CCCc2cc(Cl)ccc21.Cc1cc(NS(=O)(=O)c2ccc(N3CCN(C(=O)[C@@H](C)N4CCCc5cc(Cl)ccc54)CC3)cc2)sn1. The number of halogens is 3. The Morgan fingerprint density at radius 2 is 1.03 bits per heavy atom. The number of piperazine rings is 2. The second-order valence-corrected chi connectivity index (χ2v) is 23.4. The summed E-state index contributed by atoms with van der Waals surface area (Å²) in [6.07, 6.45) is 3.97. The average Bonchev–Trinajstić information content (AvgIpc) is 3.75. The molecular formula is C48H55Cl3N8O6S3. The molecule has 20 heteroatoms. The summed E-state index contributed by atoms with van der Waals surface area (Å²) in [5, 5.41) is 1.95. The van der Waals surface area contributed by atoms with E-state index in [4.69, 9.17) is 33.9 Å².